The number of alkyl carbamates (subject to hydrolysis) is 1. The van der Waals surface area contributed by atoms with Crippen LogP contribution in [0.15, 0.2) is 102 Å². The molecule has 2 fully saturated rings. The van der Waals surface area contributed by atoms with Gasteiger partial charge in [-0.25, -0.2) is 18.2 Å². The van der Waals surface area contributed by atoms with E-state index in [1.807, 2.05) is 36.4 Å². The van der Waals surface area contributed by atoms with Crippen LogP contribution in [0.1, 0.15) is 33.6 Å². The van der Waals surface area contributed by atoms with Gasteiger partial charge in [0.15, 0.2) is 9.84 Å². The average molecular weight is 784 g/mol. The molecule has 4 aromatic rings. The molecule has 15 heteroatoms. The number of fused-ring (bicyclic) bond motifs is 1. The van der Waals surface area contributed by atoms with Crippen LogP contribution in [0.25, 0.3) is 22.2 Å². The van der Waals surface area contributed by atoms with Gasteiger partial charge >= 0.3 is 6.09 Å². The van der Waals surface area contributed by atoms with Crippen molar-refractivity contribution in [3.8, 4) is 22.8 Å². The second-order valence-corrected chi connectivity index (χ2v) is 16.7. The van der Waals surface area contributed by atoms with Gasteiger partial charge in [-0.2, -0.15) is 0 Å². The van der Waals surface area contributed by atoms with E-state index in [4.69, 9.17) is 19.2 Å². The van der Waals surface area contributed by atoms with E-state index in [1.54, 1.807) is 64.3 Å². The Morgan fingerprint density at radius 3 is 2.32 bits per heavy atom. The topological polar surface area (TPSA) is 182 Å². The largest absolute Gasteiger partial charge is 0.497 e. The Hall–Kier alpha value is -5.96. The Labute approximate surface area is 325 Å². The lowest BCUT2D eigenvalue weighted by atomic mass is 10.1. The Balaban J connectivity index is 1.26. The van der Waals surface area contributed by atoms with Crippen LogP contribution in [0, 0.1) is 5.92 Å². The number of nitrogens with zero attached hydrogens (tertiary/aromatic N) is 2. The number of rotatable bonds is 13. The van der Waals surface area contributed by atoms with Crippen LogP contribution < -0.4 is 25.4 Å². The van der Waals surface area contributed by atoms with Gasteiger partial charge in [0.05, 0.1) is 29.8 Å². The first kappa shape index (κ1) is 39.7. The minimum absolute atomic E-state index is 0.0312. The predicted molar refractivity (Wildman–Crippen MR) is 208 cm³/mol. The van der Waals surface area contributed by atoms with Gasteiger partial charge in [0, 0.05) is 35.4 Å². The van der Waals surface area contributed by atoms with Crippen LogP contribution in [0.3, 0.4) is 0 Å². The van der Waals surface area contributed by atoms with Crippen molar-refractivity contribution < 1.29 is 41.8 Å². The molecule has 1 saturated carbocycles. The summed E-state index contributed by atoms with van der Waals surface area (Å²) >= 11 is 0. The molecular weight excluding hydrogens is 739 g/mol. The van der Waals surface area contributed by atoms with Gasteiger partial charge in [0.25, 0.3) is 0 Å². The summed E-state index contributed by atoms with van der Waals surface area (Å²) in [6.45, 7) is 8.36. The highest BCUT2D eigenvalue weighted by molar-refractivity contribution is 7.91. The van der Waals surface area contributed by atoms with Crippen molar-refractivity contribution in [2.75, 3.05) is 26.1 Å². The van der Waals surface area contributed by atoms with E-state index >= 15 is 0 Å². The molecule has 1 saturated heterocycles. The van der Waals surface area contributed by atoms with E-state index in [0.717, 1.165) is 5.56 Å². The number of methoxy groups -OCH3 is 1. The molecule has 1 aliphatic carbocycles. The lowest BCUT2D eigenvalue weighted by Gasteiger charge is -2.27. The van der Waals surface area contributed by atoms with Gasteiger partial charge in [0.1, 0.15) is 47.2 Å². The molecule has 1 aromatic heterocycles. The quantitative estimate of drug-likeness (QED) is 0.165. The van der Waals surface area contributed by atoms with Gasteiger partial charge in [0.2, 0.25) is 17.7 Å². The Kier molecular flexibility index (Phi) is 11.4. The van der Waals surface area contributed by atoms with E-state index in [0.29, 0.717) is 28.1 Å². The third-order valence-electron chi connectivity index (χ3n) is 9.59. The minimum Gasteiger partial charge on any atom is -0.497 e. The summed E-state index contributed by atoms with van der Waals surface area (Å²) < 4.78 is 43.2. The van der Waals surface area contributed by atoms with Gasteiger partial charge in [-0.15, -0.1) is 6.58 Å². The van der Waals surface area contributed by atoms with Crippen molar-refractivity contribution >= 4 is 44.6 Å². The van der Waals surface area contributed by atoms with Crippen LogP contribution in [0.4, 0.5) is 4.79 Å². The molecule has 4 amide bonds. The van der Waals surface area contributed by atoms with Crippen molar-refractivity contribution in [2.24, 2.45) is 5.92 Å². The lowest BCUT2D eigenvalue weighted by Crippen LogP contribution is -2.56. The number of carbonyl (C=O) groups is 4. The highest BCUT2D eigenvalue weighted by atomic mass is 32.2. The van der Waals surface area contributed by atoms with Gasteiger partial charge in [-0.3, -0.25) is 14.4 Å². The number of amides is 4. The molecule has 4 unspecified atom stereocenters. The SMILES string of the molecule is C=CC1CC1(NC(=O)C1CC(Oc2cc(-c3ccccc3)nc3cc(OC)ccc23)CN1C(=O)CNC(=O)OC(C)(C)C)C(=O)NCS(=O)(=O)c1ccccc1. The lowest BCUT2D eigenvalue weighted by molar-refractivity contribution is -0.139. The molecule has 3 N–H and O–H groups in total. The molecule has 3 aromatic carbocycles. The zero-order chi connectivity index (χ0) is 40.3. The van der Waals surface area contributed by atoms with Crippen LogP contribution in [0.5, 0.6) is 11.5 Å². The van der Waals surface area contributed by atoms with Crippen LogP contribution in [-0.2, 0) is 29.0 Å². The standard InChI is InChI=1S/C41H45N5O9S/c1-6-27-22-41(27,38(49)43-25-56(51,52)30-15-11-8-12-16-30)45-37(48)34-20-29(24-46(34)36(47)23-42-39(50)55-40(2,3)4)54-35-21-32(26-13-9-7-10-14-26)44-33-19-28(53-5)17-18-31(33)35/h6-19,21,27,29,34H,1,20,22-25H2,2-5H3,(H,42,50)(H,43,49)(H,45,48). The predicted octanol–water partition coefficient (Wildman–Crippen LogP) is 4.39. The molecule has 14 nitrogen and oxygen atoms in total. The Morgan fingerprint density at radius 2 is 1.68 bits per heavy atom. The number of benzene rings is 3. The molecule has 0 radical (unpaired) electrons. The number of sulfone groups is 1. The van der Waals surface area contributed by atoms with Crippen molar-refractivity contribution in [1.82, 2.24) is 25.8 Å². The molecule has 56 heavy (non-hydrogen) atoms. The maximum atomic E-state index is 14.2. The number of likely N-dealkylation sites (tertiary alicyclic amines) is 1. The summed E-state index contributed by atoms with van der Waals surface area (Å²) in [5.74, 6) is -2.05. The monoisotopic (exact) mass is 783 g/mol. The summed E-state index contributed by atoms with van der Waals surface area (Å²) in [5.41, 5.74) is -0.210. The second-order valence-electron chi connectivity index (χ2n) is 14.7. The van der Waals surface area contributed by atoms with Crippen LogP contribution in [-0.4, -0.2) is 91.5 Å². The fourth-order valence-electron chi connectivity index (χ4n) is 6.67. The summed E-state index contributed by atoms with van der Waals surface area (Å²) in [6.07, 6.45) is 0.216. The van der Waals surface area contributed by atoms with E-state index in [1.165, 1.54) is 23.1 Å². The molecule has 2 heterocycles. The number of hydrogen-bond acceptors (Lipinski definition) is 10. The van der Waals surface area contributed by atoms with Gasteiger partial charge in [-0.1, -0.05) is 54.6 Å². The molecule has 2 aliphatic rings. The summed E-state index contributed by atoms with van der Waals surface area (Å²) in [4.78, 5) is 60.3. The molecular formula is C41H45N5O9S. The molecule has 0 bridgehead atoms. The van der Waals surface area contributed by atoms with Crippen LogP contribution in [0.2, 0.25) is 0 Å². The van der Waals surface area contributed by atoms with Crippen molar-refractivity contribution in [3.63, 3.8) is 0 Å². The highest BCUT2D eigenvalue weighted by Crippen LogP contribution is 2.45. The summed E-state index contributed by atoms with van der Waals surface area (Å²) in [6, 6.07) is 23.3. The average Bonchev–Trinajstić information content (AvgIpc) is 3.73. The first-order valence-corrected chi connectivity index (χ1v) is 19.8. The zero-order valence-corrected chi connectivity index (χ0v) is 32.4. The minimum atomic E-state index is -3.87. The number of nitrogens with one attached hydrogen (secondary N) is 3. The number of aromatic nitrogens is 1. The Bertz CT molecular complexity index is 2250. The normalized spacial score (nSPS) is 20.4. The third kappa shape index (κ3) is 8.94. The smallest absolute Gasteiger partial charge is 0.408 e. The number of pyridine rings is 1. The van der Waals surface area contributed by atoms with Crippen molar-refractivity contribution in [1.29, 1.82) is 0 Å². The fourth-order valence-corrected chi connectivity index (χ4v) is 7.73. The maximum absolute atomic E-state index is 14.2. The highest BCUT2D eigenvalue weighted by Gasteiger charge is 2.60. The Morgan fingerprint density at radius 1 is 0.982 bits per heavy atom. The molecule has 0 spiro atoms. The van der Waals surface area contributed by atoms with Crippen LogP contribution >= 0.6 is 0 Å². The number of ether oxygens (including phenoxy) is 3. The van der Waals surface area contributed by atoms with E-state index < -0.39 is 75.3 Å². The van der Waals surface area contributed by atoms with E-state index in [2.05, 4.69) is 22.5 Å². The first-order valence-electron chi connectivity index (χ1n) is 18.1. The van der Waals surface area contributed by atoms with Gasteiger partial charge < -0.3 is 35.1 Å². The summed E-state index contributed by atoms with van der Waals surface area (Å²) in [7, 11) is -2.31. The zero-order valence-electron chi connectivity index (χ0n) is 31.6. The molecule has 6 rings (SSSR count). The number of hydrogen-bond donors (Lipinski definition) is 3. The molecule has 4 atom stereocenters. The number of carbonyl (C=O) groups excluding carboxylic acids is 4. The maximum Gasteiger partial charge on any atom is 0.408 e. The second kappa shape index (κ2) is 16.0. The summed E-state index contributed by atoms with van der Waals surface area (Å²) in [5, 5.41) is 8.44. The van der Waals surface area contributed by atoms with Gasteiger partial charge in [-0.05, 0) is 51.5 Å². The van der Waals surface area contributed by atoms with Crippen molar-refractivity contribution in [3.05, 3.63) is 97.6 Å². The van der Waals surface area contributed by atoms with Crippen molar-refractivity contribution in [2.45, 2.75) is 61.8 Å². The van der Waals surface area contributed by atoms with E-state index in [-0.39, 0.29) is 24.3 Å². The molecule has 294 valence electrons. The molecule has 1 aliphatic heterocycles. The fraction of sp³-hybridized carbons (Fsp3) is 0.341. The first-order chi connectivity index (χ1) is 26.6. The van der Waals surface area contributed by atoms with E-state index in [9.17, 15) is 27.6 Å². The third-order valence-corrected chi connectivity index (χ3v) is 11.1.